The first-order chi connectivity index (χ1) is 11.7. The van der Waals surface area contributed by atoms with Crippen LogP contribution in [0.15, 0.2) is 28.7 Å². The third-order valence-electron chi connectivity index (χ3n) is 4.04. The zero-order chi connectivity index (χ0) is 16.9. The summed E-state index contributed by atoms with van der Waals surface area (Å²) in [7, 11) is 0. The highest BCUT2D eigenvalue weighted by molar-refractivity contribution is 6.04. The van der Waals surface area contributed by atoms with Gasteiger partial charge in [-0.2, -0.15) is 4.98 Å². The van der Waals surface area contributed by atoms with Crippen molar-refractivity contribution in [2.45, 2.75) is 39.0 Å². The van der Waals surface area contributed by atoms with E-state index in [0.717, 1.165) is 59.5 Å². The molecule has 2 aromatic heterocycles. The maximum Gasteiger partial charge on any atom is 0.303 e. The summed E-state index contributed by atoms with van der Waals surface area (Å²) in [5, 5.41) is 11.7. The van der Waals surface area contributed by atoms with E-state index in [1.165, 1.54) is 0 Å². The number of benzene rings is 1. The van der Waals surface area contributed by atoms with E-state index in [1.807, 2.05) is 31.2 Å². The zero-order valence-electron chi connectivity index (χ0n) is 13.8. The van der Waals surface area contributed by atoms with Gasteiger partial charge in [-0.05, 0) is 31.4 Å². The molecule has 0 aliphatic carbocycles. The number of aromatic nitrogens is 2. The average Bonchev–Trinajstić information content (AvgIpc) is 2.96. The molecule has 0 aliphatic heterocycles. The van der Waals surface area contributed by atoms with E-state index in [4.69, 9.17) is 9.52 Å². The summed E-state index contributed by atoms with van der Waals surface area (Å²) >= 11 is 0. The maximum atomic E-state index is 10.5. The third kappa shape index (κ3) is 3.54. The number of aliphatic carboxylic acids is 1. The number of fused-ring (bicyclic) bond motifs is 3. The number of quaternary nitrogens is 1. The first-order valence-corrected chi connectivity index (χ1v) is 8.42. The zero-order valence-corrected chi connectivity index (χ0v) is 13.8. The van der Waals surface area contributed by atoms with Gasteiger partial charge >= 0.3 is 5.97 Å². The SMILES string of the molecule is CCc1nc([NH2+]CCCCCC(=O)O)c2oc3ccccc3c2n1. The second-order valence-corrected chi connectivity index (χ2v) is 5.85. The highest BCUT2D eigenvalue weighted by Crippen LogP contribution is 2.29. The molecule has 6 heteroatoms. The van der Waals surface area contributed by atoms with Crippen molar-refractivity contribution in [3.63, 3.8) is 0 Å². The monoisotopic (exact) mass is 328 g/mol. The molecule has 0 fully saturated rings. The van der Waals surface area contributed by atoms with E-state index in [-0.39, 0.29) is 6.42 Å². The Labute approximate surface area is 139 Å². The molecule has 0 atom stereocenters. The van der Waals surface area contributed by atoms with Crippen LogP contribution in [-0.2, 0) is 11.2 Å². The second kappa shape index (κ2) is 7.40. The predicted octanol–water partition coefficient (Wildman–Crippen LogP) is 2.78. The van der Waals surface area contributed by atoms with Crippen LogP contribution in [0.25, 0.3) is 22.1 Å². The molecule has 0 amide bonds. The van der Waals surface area contributed by atoms with Crippen molar-refractivity contribution < 1.29 is 19.6 Å². The molecular weight excluding hydrogens is 306 g/mol. The lowest BCUT2D eigenvalue weighted by atomic mass is 10.2. The fourth-order valence-corrected chi connectivity index (χ4v) is 2.79. The number of carboxylic acid groups (broad SMARTS) is 1. The first-order valence-electron chi connectivity index (χ1n) is 8.42. The molecule has 6 nitrogen and oxygen atoms in total. The third-order valence-corrected chi connectivity index (χ3v) is 4.04. The number of hydrogen-bond acceptors (Lipinski definition) is 4. The van der Waals surface area contributed by atoms with Gasteiger partial charge in [0.15, 0.2) is 0 Å². The van der Waals surface area contributed by atoms with Gasteiger partial charge < -0.3 is 9.52 Å². The molecule has 24 heavy (non-hydrogen) atoms. The van der Waals surface area contributed by atoms with Crippen molar-refractivity contribution in [1.82, 2.24) is 9.97 Å². The summed E-state index contributed by atoms with van der Waals surface area (Å²) in [4.78, 5) is 19.8. The van der Waals surface area contributed by atoms with Crippen molar-refractivity contribution in [2.24, 2.45) is 0 Å². The van der Waals surface area contributed by atoms with E-state index in [9.17, 15) is 4.79 Å². The second-order valence-electron chi connectivity index (χ2n) is 5.85. The van der Waals surface area contributed by atoms with Gasteiger partial charge in [-0.25, -0.2) is 4.98 Å². The molecule has 126 valence electrons. The number of unbranched alkanes of at least 4 members (excludes halogenated alkanes) is 2. The average molecular weight is 328 g/mol. The summed E-state index contributed by atoms with van der Waals surface area (Å²) in [6, 6.07) is 7.89. The van der Waals surface area contributed by atoms with Crippen molar-refractivity contribution in [2.75, 3.05) is 6.54 Å². The van der Waals surface area contributed by atoms with Crippen LogP contribution in [0.1, 0.15) is 38.4 Å². The lowest BCUT2D eigenvalue weighted by Gasteiger charge is -2.03. The summed E-state index contributed by atoms with van der Waals surface area (Å²) in [5.41, 5.74) is 2.43. The molecular formula is C18H22N3O3+. The summed E-state index contributed by atoms with van der Waals surface area (Å²) < 4.78 is 5.96. The number of carboxylic acids is 1. The molecule has 0 unspecified atom stereocenters. The number of nitrogens with two attached hydrogens (primary N) is 1. The standard InChI is InChI=1S/C18H21N3O3/c1-2-14-20-16-12-8-5-6-9-13(12)24-17(16)18(21-14)19-11-7-3-4-10-15(22)23/h5-6,8-9H,2-4,7,10-11H2,1H3,(H,22,23)(H,19,20,21)/p+1. The van der Waals surface area contributed by atoms with Crippen LogP contribution in [-0.4, -0.2) is 27.6 Å². The van der Waals surface area contributed by atoms with Gasteiger partial charge in [-0.3, -0.25) is 10.1 Å². The minimum Gasteiger partial charge on any atom is -0.481 e. The molecule has 1 aromatic carbocycles. The van der Waals surface area contributed by atoms with Gasteiger partial charge in [0.1, 0.15) is 16.9 Å². The molecule has 0 radical (unpaired) electrons. The molecule has 0 bridgehead atoms. The number of hydrogen-bond donors (Lipinski definition) is 2. The minimum absolute atomic E-state index is 0.237. The van der Waals surface area contributed by atoms with Crippen LogP contribution < -0.4 is 5.32 Å². The Kier molecular flexibility index (Phi) is 5.05. The molecule has 0 saturated heterocycles. The molecule has 0 spiro atoms. The van der Waals surface area contributed by atoms with E-state index >= 15 is 0 Å². The van der Waals surface area contributed by atoms with Crippen molar-refractivity contribution in [3.05, 3.63) is 30.1 Å². The quantitative estimate of drug-likeness (QED) is 0.620. The molecule has 0 saturated carbocycles. The normalized spacial score (nSPS) is 11.4. The molecule has 2 heterocycles. The molecule has 3 aromatic rings. The Bertz CT molecular complexity index is 857. The van der Waals surface area contributed by atoms with E-state index in [1.54, 1.807) is 0 Å². The van der Waals surface area contributed by atoms with Crippen LogP contribution >= 0.6 is 0 Å². The lowest BCUT2D eigenvalue weighted by molar-refractivity contribution is -0.574. The highest BCUT2D eigenvalue weighted by atomic mass is 16.4. The van der Waals surface area contributed by atoms with Gasteiger partial charge in [0.25, 0.3) is 5.82 Å². The van der Waals surface area contributed by atoms with Crippen LogP contribution in [0.2, 0.25) is 0 Å². The number of para-hydroxylation sites is 1. The Morgan fingerprint density at radius 1 is 1.21 bits per heavy atom. The number of rotatable bonds is 8. The number of aryl methyl sites for hydroxylation is 1. The van der Waals surface area contributed by atoms with E-state index < -0.39 is 5.97 Å². The Morgan fingerprint density at radius 2 is 2.04 bits per heavy atom. The summed E-state index contributed by atoms with van der Waals surface area (Å²) in [6.45, 7) is 2.89. The van der Waals surface area contributed by atoms with Gasteiger partial charge in [0.05, 0.1) is 6.54 Å². The smallest absolute Gasteiger partial charge is 0.303 e. The van der Waals surface area contributed by atoms with Gasteiger partial charge in [0, 0.05) is 18.2 Å². The number of carbonyl (C=O) groups is 1. The van der Waals surface area contributed by atoms with Crippen LogP contribution in [0, 0.1) is 0 Å². The molecule has 3 N–H and O–H groups in total. The number of furan rings is 1. The van der Waals surface area contributed by atoms with Crippen LogP contribution in [0.5, 0.6) is 0 Å². The van der Waals surface area contributed by atoms with Crippen molar-refractivity contribution in [3.8, 4) is 0 Å². The molecule has 3 rings (SSSR count). The fourth-order valence-electron chi connectivity index (χ4n) is 2.79. The Hall–Kier alpha value is -2.47. The minimum atomic E-state index is -0.730. The van der Waals surface area contributed by atoms with E-state index in [0.29, 0.717) is 6.42 Å². The predicted molar refractivity (Wildman–Crippen MR) is 91.2 cm³/mol. The van der Waals surface area contributed by atoms with E-state index in [2.05, 4.69) is 15.3 Å². The Morgan fingerprint density at radius 3 is 2.83 bits per heavy atom. The largest absolute Gasteiger partial charge is 0.481 e. The van der Waals surface area contributed by atoms with Gasteiger partial charge in [0.2, 0.25) is 5.58 Å². The highest BCUT2D eigenvalue weighted by Gasteiger charge is 2.17. The lowest BCUT2D eigenvalue weighted by Crippen LogP contribution is -2.78. The first kappa shape index (κ1) is 16.4. The van der Waals surface area contributed by atoms with Crippen molar-refractivity contribution in [1.29, 1.82) is 0 Å². The van der Waals surface area contributed by atoms with Gasteiger partial charge in [-0.1, -0.05) is 19.1 Å². The summed E-state index contributed by atoms with van der Waals surface area (Å²) in [6.07, 6.45) is 3.57. The van der Waals surface area contributed by atoms with Crippen LogP contribution in [0.4, 0.5) is 5.82 Å². The Balaban J connectivity index is 1.78. The maximum absolute atomic E-state index is 10.5. The van der Waals surface area contributed by atoms with Crippen LogP contribution in [0.3, 0.4) is 0 Å². The molecule has 0 aliphatic rings. The van der Waals surface area contributed by atoms with Crippen molar-refractivity contribution >= 4 is 33.9 Å². The number of nitrogens with zero attached hydrogens (tertiary/aromatic N) is 2. The topological polar surface area (TPSA) is 92.8 Å². The fraction of sp³-hybridized carbons (Fsp3) is 0.389. The summed E-state index contributed by atoms with van der Waals surface area (Å²) in [5.74, 6) is 0.920. The van der Waals surface area contributed by atoms with Gasteiger partial charge in [-0.15, -0.1) is 0 Å².